The van der Waals surface area contributed by atoms with Gasteiger partial charge in [0.2, 0.25) is 5.69 Å². The highest BCUT2D eigenvalue weighted by Crippen LogP contribution is 2.36. The number of hydrogen-bond acceptors (Lipinski definition) is 2. The Labute approximate surface area is 109 Å². The van der Waals surface area contributed by atoms with Gasteiger partial charge in [-0.1, -0.05) is 0 Å². The predicted molar refractivity (Wildman–Crippen MR) is 65.6 cm³/mol. The van der Waals surface area contributed by atoms with Crippen LogP contribution in [0.3, 0.4) is 0 Å². The zero-order valence-corrected chi connectivity index (χ0v) is 10.4. The van der Waals surface area contributed by atoms with Gasteiger partial charge in [0, 0.05) is 18.9 Å². The van der Waals surface area contributed by atoms with Crippen molar-refractivity contribution in [2.45, 2.75) is 25.8 Å². The van der Waals surface area contributed by atoms with Crippen LogP contribution in [0.25, 0.3) is 0 Å². The summed E-state index contributed by atoms with van der Waals surface area (Å²) in [6, 6.07) is 3.01. The number of ketones is 1. The van der Waals surface area contributed by atoms with Gasteiger partial charge in [0.05, 0.1) is 5.56 Å². The maximum atomic E-state index is 13.6. The van der Waals surface area contributed by atoms with E-state index in [-0.39, 0.29) is 11.6 Å². The SMILES string of the molecule is Cc1cc2c(cc1F)C(=O)C(C(=O)O)C=[N+]2C1CC1. The quantitative estimate of drug-likeness (QED) is 0.654. The van der Waals surface area contributed by atoms with Crippen LogP contribution in [-0.4, -0.2) is 33.7 Å². The summed E-state index contributed by atoms with van der Waals surface area (Å²) in [5.74, 6) is -3.43. The number of carbonyl (C=O) groups excluding carboxylic acids is 1. The Morgan fingerprint density at radius 1 is 1.42 bits per heavy atom. The first-order valence-electron chi connectivity index (χ1n) is 6.19. The number of halogens is 1. The average molecular weight is 262 g/mol. The summed E-state index contributed by atoms with van der Waals surface area (Å²) in [5, 5.41) is 9.11. The highest BCUT2D eigenvalue weighted by Gasteiger charge is 2.44. The minimum Gasteiger partial charge on any atom is -0.480 e. The first-order chi connectivity index (χ1) is 8.99. The lowest BCUT2D eigenvalue weighted by molar-refractivity contribution is -0.454. The smallest absolute Gasteiger partial charge is 0.324 e. The molecule has 2 aliphatic rings. The van der Waals surface area contributed by atoms with Crippen LogP contribution in [0.5, 0.6) is 0 Å². The van der Waals surface area contributed by atoms with Crippen LogP contribution in [0.1, 0.15) is 28.8 Å². The summed E-state index contributed by atoms with van der Waals surface area (Å²) in [7, 11) is 0. The largest absolute Gasteiger partial charge is 0.480 e. The van der Waals surface area contributed by atoms with E-state index in [1.807, 2.05) is 4.58 Å². The lowest BCUT2D eigenvalue weighted by Crippen LogP contribution is -2.34. The molecule has 0 spiro atoms. The van der Waals surface area contributed by atoms with Gasteiger partial charge < -0.3 is 5.11 Å². The molecule has 3 rings (SSSR count). The minimum absolute atomic E-state index is 0.171. The molecule has 1 aromatic rings. The van der Waals surface area contributed by atoms with Crippen molar-refractivity contribution in [3.63, 3.8) is 0 Å². The summed E-state index contributed by atoms with van der Waals surface area (Å²) in [5.41, 5.74) is 1.26. The van der Waals surface area contributed by atoms with Crippen molar-refractivity contribution in [3.05, 3.63) is 29.1 Å². The summed E-state index contributed by atoms with van der Waals surface area (Å²) in [6.07, 6.45) is 3.39. The molecule has 5 heteroatoms. The number of rotatable bonds is 2. The zero-order chi connectivity index (χ0) is 13.7. The molecule has 0 amide bonds. The van der Waals surface area contributed by atoms with E-state index in [9.17, 15) is 14.0 Å². The summed E-state index contributed by atoms with van der Waals surface area (Å²) in [6.45, 7) is 1.63. The standard InChI is InChI=1S/C14H12FNO3/c1-7-4-12-9(5-11(7)15)13(17)10(14(18)19)6-16(12)8-2-3-8/h4-6,8,10H,2-3H2,1H3/p+1. The van der Waals surface area contributed by atoms with Crippen molar-refractivity contribution in [2.24, 2.45) is 5.92 Å². The van der Waals surface area contributed by atoms with Crippen LogP contribution < -0.4 is 0 Å². The number of Topliss-reactive ketones (excluding diaryl/α,β-unsaturated/α-hetero) is 1. The number of carbonyl (C=O) groups is 2. The Morgan fingerprint density at radius 2 is 2.11 bits per heavy atom. The molecule has 1 fully saturated rings. The Bertz CT molecular complexity index is 632. The number of nitrogens with zero attached hydrogens (tertiary/aromatic N) is 1. The molecular weight excluding hydrogens is 249 g/mol. The highest BCUT2D eigenvalue weighted by molar-refractivity contribution is 6.20. The second-order valence-corrected chi connectivity index (χ2v) is 5.09. The normalized spacial score (nSPS) is 21.9. The summed E-state index contributed by atoms with van der Waals surface area (Å²) >= 11 is 0. The van der Waals surface area contributed by atoms with Gasteiger partial charge in [0.15, 0.2) is 24.0 Å². The first kappa shape index (κ1) is 12.0. The van der Waals surface area contributed by atoms with E-state index in [4.69, 9.17) is 5.11 Å². The Morgan fingerprint density at radius 3 is 2.68 bits per heavy atom. The van der Waals surface area contributed by atoms with E-state index >= 15 is 0 Å². The molecule has 19 heavy (non-hydrogen) atoms. The molecule has 1 atom stereocenters. The molecule has 1 aliphatic heterocycles. The molecule has 4 nitrogen and oxygen atoms in total. The number of aliphatic carboxylic acids is 1. The number of aryl methyl sites for hydroxylation is 1. The molecular formula is C14H13FNO3+. The molecule has 0 radical (unpaired) electrons. The van der Waals surface area contributed by atoms with Crippen molar-refractivity contribution in [2.75, 3.05) is 0 Å². The number of carboxylic acids is 1. The topological polar surface area (TPSA) is 57.4 Å². The number of fused-ring (bicyclic) bond motifs is 1. The van der Waals surface area contributed by atoms with E-state index in [0.717, 1.165) is 18.9 Å². The molecule has 1 unspecified atom stereocenters. The number of hydrogen-bond donors (Lipinski definition) is 1. The van der Waals surface area contributed by atoms with E-state index in [1.54, 1.807) is 13.0 Å². The fraction of sp³-hybridized carbons (Fsp3) is 0.357. The Kier molecular flexibility index (Phi) is 2.52. The van der Waals surface area contributed by atoms with Crippen molar-refractivity contribution in [1.82, 2.24) is 0 Å². The van der Waals surface area contributed by atoms with Gasteiger partial charge in [-0.05, 0) is 18.6 Å². The highest BCUT2D eigenvalue weighted by atomic mass is 19.1. The predicted octanol–water partition coefficient (Wildman–Crippen LogP) is 1.91. The van der Waals surface area contributed by atoms with Crippen LogP contribution in [0.4, 0.5) is 10.1 Å². The molecule has 0 aromatic heterocycles. The molecule has 1 saturated carbocycles. The van der Waals surface area contributed by atoms with E-state index in [2.05, 4.69) is 0 Å². The maximum absolute atomic E-state index is 13.6. The van der Waals surface area contributed by atoms with Gasteiger partial charge in [-0.3, -0.25) is 9.59 Å². The third-order valence-electron chi connectivity index (χ3n) is 3.62. The van der Waals surface area contributed by atoms with Crippen molar-refractivity contribution >= 4 is 23.7 Å². The molecule has 1 aromatic carbocycles. The molecule has 1 heterocycles. The van der Waals surface area contributed by atoms with Crippen LogP contribution in [0.2, 0.25) is 0 Å². The van der Waals surface area contributed by atoms with Gasteiger partial charge in [-0.25, -0.2) is 4.39 Å². The molecule has 0 bridgehead atoms. The monoisotopic (exact) mass is 262 g/mol. The van der Waals surface area contributed by atoms with Gasteiger partial charge in [0.1, 0.15) is 5.82 Å². The summed E-state index contributed by atoms with van der Waals surface area (Å²) < 4.78 is 15.4. The minimum atomic E-state index is -1.21. The van der Waals surface area contributed by atoms with Crippen molar-refractivity contribution in [1.29, 1.82) is 0 Å². The zero-order valence-electron chi connectivity index (χ0n) is 10.4. The molecule has 98 valence electrons. The maximum Gasteiger partial charge on any atom is 0.324 e. The average Bonchev–Trinajstić information content (AvgIpc) is 3.16. The summed E-state index contributed by atoms with van der Waals surface area (Å²) in [4.78, 5) is 23.2. The van der Waals surface area contributed by atoms with Gasteiger partial charge in [-0.15, -0.1) is 0 Å². The first-order valence-corrected chi connectivity index (χ1v) is 6.19. The molecule has 0 saturated heterocycles. The lowest BCUT2D eigenvalue weighted by atomic mass is 9.92. The van der Waals surface area contributed by atoms with Crippen LogP contribution >= 0.6 is 0 Å². The third kappa shape index (κ3) is 1.85. The number of carboxylic acid groups (broad SMARTS) is 1. The van der Waals surface area contributed by atoms with Crippen molar-refractivity contribution in [3.8, 4) is 0 Å². The van der Waals surface area contributed by atoms with Crippen LogP contribution in [0, 0.1) is 18.7 Å². The Hall–Kier alpha value is -2.04. The fourth-order valence-electron chi connectivity index (χ4n) is 2.40. The van der Waals surface area contributed by atoms with Gasteiger partial charge >= 0.3 is 5.97 Å². The van der Waals surface area contributed by atoms with Crippen LogP contribution in [0.15, 0.2) is 12.1 Å². The lowest BCUT2D eigenvalue weighted by Gasteiger charge is -2.16. The van der Waals surface area contributed by atoms with E-state index in [1.165, 1.54) is 6.21 Å². The Balaban J connectivity index is 2.20. The second kappa shape index (κ2) is 3.98. The van der Waals surface area contributed by atoms with Crippen LogP contribution in [-0.2, 0) is 4.79 Å². The van der Waals surface area contributed by atoms with E-state index in [0.29, 0.717) is 11.3 Å². The van der Waals surface area contributed by atoms with Crippen molar-refractivity contribution < 1.29 is 23.7 Å². The van der Waals surface area contributed by atoms with Gasteiger partial charge in [-0.2, -0.15) is 4.58 Å². The van der Waals surface area contributed by atoms with Gasteiger partial charge in [0.25, 0.3) is 0 Å². The number of benzene rings is 1. The van der Waals surface area contributed by atoms with E-state index < -0.39 is 23.5 Å². The fourth-order valence-corrected chi connectivity index (χ4v) is 2.40. The second-order valence-electron chi connectivity index (χ2n) is 5.09. The molecule has 1 N–H and O–H groups in total. The third-order valence-corrected chi connectivity index (χ3v) is 3.62. The molecule has 1 aliphatic carbocycles.